The number of benzene rings is 1. The molecule has 1 unspecified atom stereocenters. The number of halogens is 1. The van der Waals surface area contributed by atoms with Gasteiger partial charge in [-0.25, -0.2) is 0 Å². The summed E-state index contributed by atoms with van der Waals surface area (Å²) in [5.74, 6) is 1.87. The minimum Gasteiger partial charge on any atom is -0.493 e. The summed E-state index contributed by atoms with van der Waals surface area (Å²) in [5, 5.41) is 0.749. The normalized spacial score (nSPS) is 12.5. The highest BCUT2D eigenvalue weighted by molar-refractivity contribution is 6.30. The second kappa shape index (κ2) is 8.43. The van der Waals surface area contributed by atoms with E-state index in [0.717, 1.165) is 34.7 Å². The molecule has 0 aromatic heterocycles. The minimum absolute atomic E-state index is 0.234. The lowest BCUT2D eigenvalue weighted by molar-refractivity contribution is -0.117. The molecule has 1 rings (SSSR count). The maximum absolute atomic E-state index is 11.3. The predicted octanol–water partition coefficient (Wildman–Crippen LogP) is 5.72. The van der Waals surface area contributed by atoms with E-state index >= 15 is 0 Å². The van der Waals surface area contributed by atoms with E-state index in [1.807, 2.05) is 19.1 Å². The number of ketones is 1. The molecule has 0 radical (unpaired) electrons. The summed E-state index contributed by atoms with van der Waals surface area (Å²) < 4.78 is 5.93. The number of rotatable bonds is 8. The van der Waals surface area contributed by atoms with E-state index in [-0.39, 0.29) is 5.78 Å². The van der Waals surface area contributed by atoms with Crippen LogP contribution in [0.15, 0.2) is 12.1 Å². The van der Waals surface area contributed by atoms with E-state index in [4.69, 9.17) is 16.3 Å². The second-order valence-electron chi connectivity index (χ2n) is 5.85. The second-order valence-corrected chi connectivity index (χ2v) is 6.28. The van der Waals surface area contributed by atoms with Gasteiger partial charge in [-0.2, -0.15) is 0 Å². The summed E-state index contributed by atoms with van der Waals surface area (Å²) in [6.07, 6.45) is 2.43. The highest BCUT2D eigenvalue weighted by Gasteiger charge is 2.20. The Morgan fingerprint density at radius 1 is 1.24 bits per heavy atom. The molecule has 0 spiro atoms. The van der Waals surface area contributed by atoms with Gasteiger partial charge in [0.25, 0.3) is 0 Å². The van der Waals surface area contributed by atoms with Gasteiger partial charge < -0.3 is 9.53 Å². The number of Topliss-reactive ketones (excluding diaryl/α,β-unsaturated/α-hetero) is 1. The predicted molar refractivity (Wildman–Crippen MR) is 89.7 cm³/mol. The fourth-order valence-corrected chi connectivity index (χ4v) is 2.87. The average molecular weight is 311 g/mol. The monoisotopic (exact) mass is 310 g/mol. The molecule has 0 saturated carbocycles. The summed E-state index contributed by atoms with van der Waals surface area (Å²) in [5.41, 5.74) is 2.30. The van der Waals surface area contributed by atoms with Gasteiger partial charge in [0, 0.05) is 11.4 Å². The van der Waals surface area contributed by atoms with Crippen LogP contribution in [0.25, 0.3) is 0 Å². The van der Waals surface area contributed by atoms with E-state index in [0.29, 0.717) is 24.9 Å². The van der Waals surface area contributed by atoms with Crippen molar-refractivity contribution in [3.8, 4) is 5.75 Å². The van der Waals surface area contributed by atoms with Gasteiger partial charge in [-0.15, -0.1) is 0 Å². The summed E-state index contributed by atoms with van der Waals surface area (Å²) in [4.78, 5) is 11.3. The quantitative estimate of drug-likeness (QED) is 0.613. The van der Waals surface area contributed by atoms with Gasteiger partial charge in [0.15, 0.2) is 0 Å². The van der Waals surface area contributed by atoms with Crippen LogP contribution in [0.4, 0.5) is 0 Å². The molecular weight excluding hydrogens is 284 g/mol. The van der Waals surface area contributed by atoms with Gasteiger partial charge in [0.05, 0.1) is 6.61 Å². The first-order valence-corrected chi connectivity index (χ1v) is 8.23. The van der Waals surface area contributed by atoms with Crippen molar-refractivity contribution in [2.75, 3.05) is 6.61 Å². The number of carbonyl (C=O) groups excluding carboxylic acids is 1. The van der Waals surface area contributed by atoms with Crippen LogP contribution in [0, 0.1) is 0 Å². The molecule has 2 nitrogen and oxygen atoms in total. The molecule has 0 N–H and O–H groups in total. The van der Waals surface area contributed by atoms with Crippen LogP contribution in [-0.4, -0.2) is 12.4 Å². The van der Waals surface area contributed by atoms with Crippen LogP contribution in [0.2, 0.25) is 5.02 Å². The maximum Gasteiger partial charge on any atom is 0.129 e. The van der Waals surface area contributed by atoms with Crippen LogP contribution >= 0.6 is 11.6 Å². The molecule has 0 aliphatic rings. The van der Waals surface area contributed by atoms with Crippen molar-refractivity contribution >= 4 is 17.4 Å². The number of hydrogen-bond acceptors (Lipinski definition) is 2. The molecule has 0 aliphatic heterocycles. The van der Waals surface area contributed by atoms with Crippen LogP contribution in [0.5, 0.6) is 5.75 Å². The Bertz CT molecular complexity index is 480. The summed E-state index contributed by atoms with van der Waals surface area (Å²) in [6, 6.07) is 4.01. The van der Waals surface area contributed by atoms with Crippen molar-refractivity contribution in [3.63, 3.8) is 0 Å². The Hall–Kier alpha value is -1.02. The third-order valence-electron chi connectivity index (χ3n) is 3.80. The third-order valence-corrected chi connectivity index (χ3v) is 4.02. The molecule has 1 aromatic carbocycles. The van der Waals surface area contributed by atoms with E-state index < -0.39 is 0 Å². The van der Waals surface area contributed by atoms with E-state index in [2.05, 4.69) is 20.8 Å². The van der Waals surface area contributed by atoms with E-state index in [1.54, 1.807) is 6.92 Å². The maximum atomic E-state index is 11.3. The molecule has 0 aliphatic carbocycles. The lowest BCUT2D eigenvalue weighted by Gasteiger charge is -2.23. The van der Waals surface area contributed by atoms with Crippen LogP contribution in [0.3, 0.4) is 0 Å². The van der Waals surface area contributed by atoms with Gasteiger partial charge in [-0.1, -0.05) is 32.4 Å². The van der Waals surface area contributed by atoms with Crippen molar-refractivity contribution in [1.82, 2.24) is 0 Å². The van der Waals surface area contributed by atoms with Crippen molar-refractivity contribution in [2.24, 2.45) is 0 Å². The molecule has 0 bridgehead atoms. The van der Waals surface area contributed by atoms with Gasteiger partial charge in [-0.05, 0) is 61.8 Å². The van der Waals surface area contributed by atoms with Crippen molar-refractivity contribution in [1.29, 1.82) is 0 Å². The zero-order valence-corrected chi connectivity index (χ0v) is 14.6. The molecule has 0 fully saturated rings. The number of carbonyl (C=O) groups is 1. The first kappa shape index (κ1) is 18.0. The van der Waals surface area contributed by atoms with Gasteiger partial charge in [-0.3, -0.25) is 0 Å². The van der Waals surface area contributed by atoms with Crippen molar-refractivity contribution in [3.05, 3.63) is 28.3 Å². The molecule has 1 atom stereocenters. The molecule has 0 amide bonds. The van der Waals surface area contributed by atoms with Gasteiger partial charge in [0.2, 0.25) is 0 Å². The fraction of sp³-hybridized carbons (Fsp3) is 0.611. The first-order valence-electron chi connectivity index (χ1n) is 7.86. The lowest BCUT2D eigenvalue weighted by atomic mass is 9.87. The molecule has 3 heteroatoms. The Kier molecular flexibility index (Phi) is 7.24. The SMILES string of the molecule is CCOc1c(C(C)C)cc(Cl)cc1C(CC)CCC(C)=O. The molecule has 0 saturated heterocycles. The first-order chi connectivity index (χ1) is 9.90. The molecule has 1 aromatic rings. The summed E-state index contributed by atoms with van der Waals surface area (Å²) in [6.45, 7) is 10.7. The van der Waals surface area contributed by atoms with Crippen molar-refractivity contribution < 1.29 is 9.53 Å². The summed E-state index contributed by atoms with van der Waals surface area (Å²) >= 11 is 6.31. The number of ether oxygens (including phenoxy) is 1. The van der Waals surface area contributed by atoms with E-state index in [1.165, 1.54) is 0 Å². The molecule has 118 valence electrons. The topological polar surface area (TPSA) is 26.3 Å². The van der Waals surface area contributed by atoms with Gasteiger partial charge in [0.1, 0.15) is 11.5 Å². The standard InChI is InChI=1S/C18H27ClO2/c1-6-14(9-8-13(5)20)17-11-15(19)10-16(12(3)4)18(17)21-7-2/h10-12,14H,6-9H2,1-5H3. The average Bonchev–Trinajstić information content (AvgIpc) is 2.41. The highest BCUT2D eigenvalue weighted by atomic mass is 35.5. The number of hydrogen-bond donors (Lipinski definition) is 0. The Morgan fingerprint density at radius 3 is 2.33 bits per heavy atom. The fourth-order valence-electron chi connectivity index (χ4n) is 2.64. The zero-order chi connectivity index (χ0) is 16.0. The minimum atomic E-state index is 0.234. The summed E-state index contributed by atoms with van der Waals surface area (Å²) in [7, 11) is 0. The molecule has 21 heavy (non-hydrogen) atoms. The van der Waals surface area contributed by atoms with E-state index in [9.17, 15) is 4.79 Å². The lowest BCUT2D eigenvalue weighted by Crippen LogP contribution is -2.08. The smallest absolute Gasteiger partial charge is 0.129 e. The van der Waals surface area contributed by atoms with Crippen LogP contribution in [0.1, 0.15) is 76.8 Å². The highest BCUT2D eigenvalue weighted by Crippen LogP contribution is 2.40. The Balaban J connectivity index is 3.26. The zero-order valence-electron chi connectivity index (χ0n) is 13.8. The largest absolute Gasteiger partial charge is 0.493 e. The molecular formula is C18H27ClO2. The van der Waals surface area contributed by atoms with Gasteiger partial charge >= 0.3 is 0 Å². The Labute approximate surface area is 133 Å². The van der Waals surface area contributed by atoms with Crippen molar-refractivity contribution in [2.45, 2.75) is 65.7 Å². The molecule has 0 heterocycles. The third kappa shape index (κ3) is 5.03. The Morgan fingerprint density at radius 2 is 1.86 bits per heavy atom. The van der Waals surface area contributed by atoms with Crippen LogP contribution in [-0.2, 0) is 4.79 Å². The van der Waals surface area contributed by atoms with Crippen LogP contribution < -0.4 is 4.74 Å².